The number of benzene rings is 2. The molecular formula is C18H19ClN2O3. The fourth-order valence-corrected chi connectivity index (χ4v) is 2.41. The van der Waals surface area contributed by atoms with Crippen molar-refractivity contribution in [2.45, 2.75) is 6.10 Å². The normalized spacial score (nSPS) is 11.8. The van der Waals surface area contributed by atoms with Crippen LogP contribution >= 0.6 is 12.4 Å². The van der Waals surface area contributed by atoms with E-state index in [0.717, 1.165) is 27.8 Å². The Morgan fingerprint density at radius 3 is 2.50 bits per heavy atom. The summed E-state index contributed by atoms with van der Waals surface area (Å²) in [5.41, 5.74) is 3.26. The Labute approximate surface area is 146 Å². The Morgan fingerprint density at radius 1 is 1.04 bits per heavy atom. The maximum absolute atomic E-state index is 9.72. The number of aromatic nitrogens is 1. The molecule has 0 unspecified atom stereocenters. The van der Waals surface area contributed by atoms with Gasteiger partial charge in [0.1, 0.15) is 5.75 Å². The fourth-order valence-electron chi connectivity index (χ4n) is 2.41. The molecule has 0 saturated carbocycles. The van der Waals surface area contributed by atoms with Gasteiger partial charge in [-0.25, -0.2) is 4.98 Å². The summed E-state index contributed by atoms with van der Waals surface area (Å²) < 4.78 is 0. The van der Waals surface area contributed by atoms with Gasteiger partial charge in [-0.05, 0) is 24.3 Å². The molecule has 0 spiro atoms. The van der Waals surface area contributed by atoms with Crippen molar-refractivity contribution in [3.05, 3.63) is 54.6 Å². The number of halogens is 1. The molecule has 3 rings (SSSR count). The van der Waals surface area contributed by atoms with Crippen molar-refractivity contribution in [2.24, 2.45) is 0 Å². The molecule has 0 amide bonds. The number of phenols is 1. The second kappa shape index (κ2) is 7.97. The minimum Gasteiger partial charge on any atom is -0.508 e. The summed E-state index contributed by atoms with van der Waals surface area (Å²) in [7, 11) is 0. The minimum absolute atomic E-state index is 0. The Hall–Kier alpha value is -2.34. The number of pyridine rings is 1. The van der Waals surface area contributed by atoms with Gasteiger partial charge in [0.2, 0.25) is 0 Å². The predicted molar refractivity (Wildman–Crippen MR) is 97.7 cm³/mol. The molecule has 0 fully saturated rings. The number of aliphatic hydroxyl groups excluding tert-OH is 2. The van der Waals surface area contributed by atoms with Crippen LogP contribution in [0.5, 0.6) is 5.75 Å². The van der Waals surface area contributed by atoms with Crippen molar-refractivity contribution < 1.29 is 15.3 Å². The van der Waals surface area contributed by atoms with E-state index in [9.17, 15) is 10.2 Å². The Kier molecular flexibility index (Phi) is 5.98. The first kappa shape index (κ1) is 18.0. The molecule has 126 valence electrons. The summed E-state index contributed by atoms with van der Waals surface area (Å²) in [5.74, 6) is 0.150. The van der Waals surface area contributed by atoms with Crippen LogP contribution in [0.25, 0.3) is 22.2 Å². The Balaban J connectivity index is 0.00000208. The number of hydrogen-bond donors (Lipinski definition) is 4. The maximum atomic E-state index is 9.72. The van der Waals surface area contributed by atoms with Crippen LogP contribution in [-0.4, -0.2) is 39.6 Å². The second-order valence-corrected chi connectivity index (χ2v) is 5.34. The van der Waals surface area contributed by atoms with E-state index in [1.54, 1.807) is 18.2 Å². The van der Waals surface area contributed by atoms with Crippen molar-refractivity contribution in [3.63, 3.8) is 0 Å². The molecule has 6 heteroatoms. The quantitative estimate of drug-likeness (QED) is 0.571. The maximum Gasteiger partial charge on any atom is 0.116 e. The third-order valence-corrected chi connectivity index (χ3v) is 3.60. The van der Waals surface area contributed by atoms with Gasteiger partial charge in [0.15, 0.2) is 0 Å². The van der Waals surface area contributed by atoms with Gasteiger partial charge in [-0.3, -0.25) is 0 Å². The first-order valence-electron chi connectivity index (χ1n) is 7.39. The van der Waals surface area contributed by atoms with Gasteiger partial charge in [0.05, 0.1) is 23.9 Å². The van der Waals surface area contributed by atoms with Crippen LogP contribution in [0, 0.1) is 0 Å². The molecule has 0 aliphatic rings. The SMILES string of the molecule is Cl.OC[C@@H](O)CNc1cc(-c2ccccc2)nc2ccc(O)cc12. The zero-order chi connectivity index (χ0) is 16.2. The van der Waals surface area contributed by atoms with Gasteiger partial charge in [-0.2, -0.15) is 0 Å². The highest BCUT2D eigenvalue weighted by atomic mass is 35.5. The largest absolute Gasteiger partial charge is 0.508 e. The summed E-state index contributed by atoms with van der Waals surface area (Å²) in [5, 5.41) is 32.1. The lowest BCUT2D eigenvalue weighted by molar-refractivity contribution is 0.105. The van der Waals surface area contributed by atoms with E-state index in [0.29, 0.717) is 0 Å². The molecule has 0 aliphatic carbocycles. The van der Waals surface area contributed by atoms with Crippen molar-refractivity contribution >= 4 is 29.0 Å². The highest BCUT2D eigenvalue weighted by molar-refractivity contribution is 5.94. The highest BCUT2D eigenvalue weighted by Crippen LogP contribution is 2.30. The molecule has 0 aliphatic heterocycles. The first-order chi connectivity index (χ1) is 11.2. The number of fused-ring (bicyclic) bond motifs is 1. The molecule has 0 bridgehead atoms. The van der Waals surface area contributed by atoms with Gasteiger partial charge < -0.3 is 20.6 Å². The van der Waals surface area contributed by atoms with Crippen LogP contribution in [0.4, 0.5) is 5.69 Å². The average molecular weight is 347 g/mol. The molecular weight excluding hydrogens is 328 g/mol. The average Bonchev–Trinajstić information content (AvgIpc) is 2.60. The molecule has 5 nitrogen and oxygen atoms in total. The molecule has 24 heavy (non-hydrogen) atoms. The lowest BCUT2D eigenvalue weighted by Crippen LogP contribution is -2.23. The van der Waals surface area contributed by atoms with E-state index in [-0.39, 0.29) is 31.3 Å². The minimum atomic E-state index is -0.851. The van der Waals surface area contributed by atoms with Gasteiger partial charge in [-0.15, -0.1) is 12.4 Å². The first-order valence-corrected chi connectivity index (χ1v) is 7.39. The summed E-state index contributed by atoms with van der Waals surface area (Å²) in [6.07, 6.45) is -0.851. The van der Waals surface area contributed by atoms with Crippen LogP contribution in [0.3, 0.4) is 0 Å². The fraction of sp³-hybridized carbons (Fsp3) is 0.167. The molecule has 1 atom stereocenters. The number of anilines is 1. The van der Waals surface area contributed by atoms with Crippen molar-refractivity contribution in [1.82, 2.24) is 4.98 Å². The summed E-state index contributed by atoms with van der Waals surface area (Å²) in [4.78, 5) is 4.63. The van der Waals surface area contributed by atoms with Crippen LogP contribution in [-0.2, 0) is 0 Å². The summed E-state index contributed by atoms with van der Waals surface area (Å²) in [6.45, 7) is -0.105. The highest BCUT2D eigenvalue weighted by Gasteiger charge is 2.10. The molecule has 3 aromatic rings. The number of nitrogens with one attached hydrogen (secondary N) is 1. The van der Waals surface area contributed by atoms with E-state index in [1.165, 1.54) is 0 Å². The van der Waals surface area contributed by atoms with Crippen LogP contribution in [0.2, 0.25) is 0 Å². The van der Waals surface area contributed by atoms with E-state index >= 15 is 0 Å². The third kappa shape index (κ3) is 3.94. The molecule has 0 saturated heterocycles. The molecule has 1 aromatic heterocycles. The summed E-state index contributed by atoms with van der Waals surface area (Å²) >= 11 is 0. The monoisotopic (exact) mass is 346 g/mol. The summed E-state index contributed by atoms with van der Waals surface area (Å²) in [6, 6.07) is 16.6. The van der Waals surface area contributed by atoms with Gasteiger partial charge in [-0.1, -0.05) is 30.3 Å². The third-order valence-electron chi connectivity index (χ3n) is 3.60. The number of rotatable bonds is 5. The molecule has 1 heterocycles. The predicted octanol–water partition coefficient (Wildman–Crippen LogP) is 2.79. The van der Waals surface area contributed by atoms with Crippen molar-refractivity contribution in [3.8, 4) is 17.0 Å². The van der Waals surface area contributed by atoms with Gasteiger partial charge >= 0.3 is 0 Å². The number of hydrogen-bond acceptors (Lipinski definition) is 5. The van der Waals surface area contributed by atoms with E-state index in [4.69, 9.17) is 5.11 Å². The standard InChI is InChI=1S/C18H18N2O3.ClH/c21-11-14(23)10-19-18-9-17(12-4-2-1-3-5-12)20-16-7-6-13(22)8-15(16)18;/h1-9,14,21-23H,10-11H2,(H,19,20);1H/t14-;/m0./s1. The van der Waals surface area contributed by atoms with Crippen molar-refractivity contribution in [2.75, 3.05) is 18.5 Å². The van der Waals surface area contributed by atoms with E-state index < -0.39 is 6.10 Å². The van der Waals surface area contributed by atoms with Gasteiger partial charge in [0, 0.05) is 23.2 Å². The second-order valence-electron chi connectivity index (χ2n) is 5.34. The number of aromatic hydroxyl groups is 1. The zero-order valence-corrected chi connectivity index (χ0v) is 13.7. The topological polar surface area (TPSA) is 85.6 Å². The lowest BCUT2D eigenvalue weighted by Gasteiger charge is -2.14. The Morgan fingerprint density at radius 2 is 1.79 bits per heavy atom. The number of aliphatic hydroxyl groups is 2. The van der Waals surface area contributed by atoms with E-state index in [2.05, 4.69) is 10.3 Å². The van der Waals surface area contributed by atoms with Crippen LogP contribution < -0.4 is 5.32 Å². The van der Waals surface area contributed by atoms with Gasteiger partial charge in [0.25, 0.3) is 0 Å². The van der Waals surface area contributed by atoms with E-state index in [1.807, 2.05) is 36.4 Å². The smallest absolute Gasteiger partial charge is 0.116 e. The molecule has 4 N–H and O–H groups in total. The zero-order valence-electron chi connectivity index (χ0n) is 12.9. The van der Waals surface area contributed by atoms with Crippen molar-refractivity contribution in [1.29, 1.82) is 0 Å². The van der Waals surface area contributed by atoms with Crippen LogP contribution in [0.15, 0.2) is 54.6 Å². The number of nitrogens with zero attached hydrogens (tertiary/aromatic N) is 1. The lowest BCUT2D eigenvalue weighted by atomic mass is 10.1. The molecule has 2 aromatic carbocycles. The number of phenolic OH excluding ortho intramolecular Hbond substituents is 1. The Bertz CT molecular complexity index is 812. The van der Waals surface area contributed by atoms with Crippen LogP contribution in [0.1, 0.15) is 0 Å². The molecule has 0 radical (unpaired) electrons.